The standard InChI is InChI=1S/C11H18N4O4S/c1-14(2)7-8-4-3-5-15(8)20(18,19)10-9(11(16)17)6-12-13-10/h6,8H,3-5,7H2,1-2H3,(H,12,13)(H,16,17). The van der Waals surface area contributed by atoms with Gasteiger partial charge in [0.25, 0.3) is 10.0 Å². The quantitative estimate of drug-likeness (QED) is 0.781. The lowest BCUT2D eigenvalue weighted by molar-refractivity contribution is 0.0692. The van der Waals surface area contributed by atoms with Gasteiger partial charge in [-0.15, -0.1) is 0 Å². The lowest BCUT2D eigenvalue weighted by atomic mass is 10.2. The lowest BCUT2D eigenvalue weighted by Gasteiger charge is -2.25. The van der Waals surface area contributed by atoms with Crippen LogP contribution < -0.4 is 0 Å². The normalized spacial score (nSPS) is 20.6. The summed E-state index contributed by atoms with van der Waals surface area (Å²) in [7, 11) is -0.104. The van der Waals surface area contributed by atoms with Crippen LogP contribution in [0, 0.1) is 0 Å². The van der Waals surface area contributed by atoms with Gasteiger partial charge in [-0.1, -0.05) is 0 Å². The topological polar surface area (TPSA) is 107 Å². The Morgan fingerprint density at radius 2 is 2.30 bits per heavy atom. The number of carboxylic acid groups (broad SMARTS) is 1. The molecule has 0 amide bonds. The molecule has 1 aliphatic rings. The molecule has 0 spiro atoms. The number of aromatic carboxylic acids is 1. The number of aromatic amines is 1. The molecule has 0 bridgehead atoms. The van der Waals surface area contributed by atoms with E-state index >= 15 is 0 Å². The largest absolute Gasteiger partial charge is 0.478 e. The van der Waals surface area contributed by atoms with Crippen LogP contribution in [0.3, 0.4) is 0 Å². The summed E-state index contributed by atoms with van der Waals surface area (Å²) in [5.74, 6) is -1.30. The maximum atomic E-state index is 12.6. The molecule has 1 unspecified atom stereocenters. The number of nitrogens with zero attached hydrogens (tertiary/aromatic N) is 3. The van der Waals surface area contributed by atoms with Gasteiger partial charge in [0.05, 0.1) is 6.20 Å². The Morgan fingerprint density at radius 3 is 2.90 bits per heavy atom. The molecule has 1 aromatic heterocycles. The van der Waals surface area contributed by atoms with Crippen molar-refractivity contribution in [1.82, 2.24) is 19.4 Å². The molecule has 0 aromatic carbocycles. The van der Waals surface area contributed by atoms with E-state index < -0.39 is 16.0 Å². The first-order valence-corrected chi connectivity index (χ1v) is 7.71. The van der Waals surface area contributed by atoms with Crippen molar-refractivity contribution in [2.45, 2.75) is 23.9 Å². The Labute approximate surface area is 117 Å². The summed E-state index contributed by atoms with van der Waals surface area (Å²) in [6.07, 6.45) is 2.56. The minimum atomic E-state index is -3.86. The van der Waals surface area contributed by atoms with Crippen LogP contribution in [0.25, 0.3) is 0 Å². The Bertz CT molecular complexity index is 595. The molecule has 0 radical (unpaired) electrons. The number of hydrogen-bond acceptors (Lipinski definition) is 5. The van der Waals surface area contributed by atoms with Crippen LogP contribution in [-0.2, 0) is 10.0 Å². The minimum absolute atomic E-state index is 0.139. The molecule has 9 heteroatoms. The summed E-state index contributed by atoms with van der Waals surface area (Å²) >= 11 is 0. The van der Waals surface area contributed by atoms with Gasteiger partial charge < -0.3 is 10.0 Å². The Hall–Kier alpha value is -1.45. The fourth-order valence-corrected chi connectivity index (χ4v) is 4.22. The fourth-order valence-electron chi connectivity index (χ4n) is 2.47. The van der Waals surface area contributed by atoms with E-state index in [0.29, 0.717) is 13.1 Å². The highest BCUT2D eigenvalue weighted by Crippen LogP contribution is 2.27. The Balaban J connectivity index is 2.34. The molecule has 1 fully saturated rings. The first kappa shape index (κ1) is 14.9. The molecule has 8 nitrogen and oxygen atoms in total. The first-order valence-electron chi connectivity index (χ1n) is 6.27. The van der Waals surface area contributed by atoms with E-state index in [1.807, 2.05) is 19.0 Å². The highest BCUT2D eigenvalue weighted by Gasteiger charge is 2.38. The van der Waals surface area contributed by atoms with Crippen molar-refractivity contribution in [1.29, 1.82) is 0 Å². The smallest absolute Gasteiger partial charge is 0.340 e. The molecule has 0 saturated carbocycles. The lowest BCUT2D eigenvalue weighted by Crippen LogP contribution is -2.41. The third kappa shape index (κ3) is 2.69. The first-order chi connectivity index (χ1) is 9.34. The molecule has 2 rings (SSSR count). The van der Waals surface area contributed by atoms with Crippen LogP contribution >= 0.6 is 0 Å². The molecule has 1 aliphatic heterocycles. The van der Waals surface area contributed by atoms with Gasteiger partial charge in [0.1, 0.15) is 5.56 Å². The van der Waals surface area contributed by atoms with Crippen LogP contribution in [0.4, 0.5) is 0 Å². The number of likely N-dealkylation sites (N-methyl/N-ethyl adjacent to an activating group) is 1. The number of carbonyl (C=O) groups is 1. The van der Waals surface area contributed by atoms with Crippen molar-refractivity contribution in [3.8, 4) is 0 Å². The molecular weight excluding hydrogens is 284 g/mol. The molecule has 0 aliphatic carbocycles. The van der Waals surface area contributed by atoms with Gasteiger partial charge in [-0.2, -0.15) is 9.40 Å². The van der Waals surface area contributed by atoms with Crippen LogP contribution in [0.1, 0.15) is 23.2 Å². The summed E-state index contributed by atoms with van der Waals surface area (Å²) in [6, 6.07) is -0.139. The Morgan fingerprint density at radius 1 is 1.60 bits per heavy atom. The van der Waals surface area contributed by atoms with Crippen LogP contribution in [0.15, 0.2) is 11.2 Å². The van der Waals surface area contributed by atoms with E-state index in [9.17, 15) is 13.2 Å². The van der Waals surface area contributed by atoms with E-state index in [2.05, 4.69) is 10.2 Å². The minimum Gasteiger partial charge on any atom is -0.478 e. The zero-order valence-corrected chi connectivity index (χ0v) is 12.2. The summed E-state index contributed by atoms with van der Waals surface area (Å²) in [4.78, 5) is 13.0. The summed E-state index contributed by atoms with van der Waals surface area (Å²) < 4.78 is 26.5. The number of carboxylic acids is 1. The Kier molecular flexibility index (Phi) is 4.11. The van der Waals surface area contributed by atoms with E-state index in [-0.39, 0.29) is 16.6 Å². The predicted molar refractivity (Wildman–Crippen MR) is 71.0 cm³/mol. The van der Waals surface area contributed by atoms with Gasteiger partial charge in [-0.3, -0.25) is 5.10 Å². The molecule has 1 saturated heterocycles. The second-order valence-corrected chi connectivity index (χ2v) is 6.92. The summed E-state index contributed by atoms with van der Waals surface area (Å²) in [5.41, 5.74) is -0.319. The van der Waals surface area contributed by atoms with Gasteiger partial charge in [0.15, 0.2) is 5.03 Å². The van der Waals surface area contributed by atoms with E-state index in [0.717, 1.165) is 19.0 Å². The second-order valence-electron chi connectivity index (χ2n) is 5.09. The number of nitrogens with one attached hydrogen (secondary N) is 1. The predicted octanol–water partition coefficient (Wildman–Crippen LogP) is -0.177. The van der Waals surface area contributed by atoms with Crippen molar-refractivity contribution >= 4 is 16.0 Å². The van der Waals surface area contributed by atoms with Gasteiger partial charge in [0.2, 0.25) is 0 Å². The zero-order chi connectivity index (χ0) is 14.9. The van der Waals surface area contributed by atoms with Crippen LogP contribution in [-0.4, -0.2) is 72.1 Å². The van der Waals surface area contributed by atoms with Crippen molar-refractivity contribution in [3.05, 3.63) is 11.8 Å². The van der Waals surface area contributed by atoms with E-state index in [1.54, 1.807) is 0 Å². The van der Waals surface area contributed by atoms with Gasteiger partial charge >= 0.3 is 5.97 Å². The van der Waals surface area contributed by atoms with Crippen LogP contribution in [0.5, 0.6) is 0 Å². The van der Waals surface area contributed by atoms with E-state index in [1.165, 1.54) is 4.31 Å². The zero-order valence-electron chi connectivity index (χ0n) is 11.4. The summed E-state index contributed by atoms with van der Waals surface area (Å²) in [6.45, 7) is 1.01. The SMILES string of the molecule is CN(C)CC1CCCN1S(=O)(=O)c1[nH]ncc1C(=O)O. The molecule has 1 aromatic rings. The van der Waals surface area contributed by atoms with Crippen molar-refractivity contribution in [2.24, 2.45) is 0 Å². The highest BCUT2D eigenvalue weighted by molar-refractivity contribution is 7.89. The fraction of sp³-hybridized carbons (Fsp3) is 0.636. The van der Waals surface area contributed by atoms with Gasteiger partial charge in [-0.25, -0.2) is 13.2 Å². The monoisotopic (exact) mass is 302 g/mol. The third-order valence-corrected chi connectivity index (χ3v) is 5.23. The van der Waals surface area contributed by atoms with Gasteiger partial charge in [-0.05, 0) is 26.9 Å². The molecular formula is C11H18N4O4S. The van der Waals surface area contributed by atoms with Crippen molar-refractivity contribution in [3.63, 3.8) is 0 Å². The number of H-pyrrole nitrogens is 1. The molecule has 20 heavy (non-hydrogen) atoms. The molecule has 112 valence electrons. The summed E-state index contributed by atoms with van der Waals surface area (Å²) in [5, 5.41) is 14.5. The number of rotatable bonds is 5. The third-order valence-electron chi connectivity index (χ3n) is 3.30. The van der Waals surface area contributed by atoms with Crippen LogP contribution in [0.2, 0.25) is 0 Å². The molecule has 2 heterocycles. The van der Waals surface area contributed by atoms with Crippen molar-refractivity contribution < 1.29 is 18.3 Å². The molecule has 2 N–H and O–H groups in total. The second kappa shape index (κ2) is 5.51. The van der Waals surface area contributed by atoms with E-state index in [4.69, 9.17) is 5.11 Å². The average Bonchev–Trinajstić information content (AvgIpc) is 2.94. The van der Waals surface area contributed by atoms with Crippen molar-refractivity contribution in [2.75, 3.05) is 27.2 Å². The average molecular weight is 302 g/mol. The maximum Gasteiger partial charge on any atom is 0.340 e. The number of sulfonamides is 1. The highest BCUT2D eigenvalue weighted by atomic mass is 32.2. The van der Waals surface area contributed by atoms with Gasteiger partial charge in [0, 0.05) is 19.1 Å². The molecule has 1 atom stereocenters. The number of aromatic nitrogens is 2. The number of hydrogen-bond donors (Lipinski definition) is 2. The maximum absolute atomic E-state index is 12.6.